The topological polar surface area (TPSA) is 84.0 Å². The van der Waals surface area contributed by atoms with Crippen molar-refractivity contribution in [2.75, 3.05) is 39.4 Å². The van der Waals surface area contributed by atoms with Crippen LogP contribution >= 0.6 is 0 Å². The van der Waals surface area contributed by atoms with Crippen molar-refractivity contribution in [3.63, 3.8) is 0 Å². The molecule has 0 spiro atoms. The van der Waals surface area contributed by atoms with E-state index in [1.807, 2.05) is 30.3 Å². The molecule has 8 nitrogen and oxygen atoms in total. The van der Waals surface area contributed by atoms with Crippen molar-refractivity contribution in [2.24, 2.45) is 0 Å². The van der Waals surface area contributed by atoms with E-state index in [1.165, 1.54) is 0 Å². The molecule has 1 aromatic heterocycles. The van der Waals surface area contributed by atoms with Crippen LogP contribution in [0, 0.1) is 0 Å². The first-order valence-corrected chi connectivity index (χ1v) is 8.65. The van der Waals surface area contributed by atoms with Crippen molar-refractivity contribution in [2.45, 2.75) is 6.04 Å². The molecule has 2 saturated heterocycles. The number of cyclic esters (lactones) is 1. The molecule has 3 amide bonds. The molecular weight excluding hydrogens is 336 g/mol. The van der Waals surface area contributed by atoms with Crippen LogP contribution in [0.2, 0.25) is 0 Å². The minimum Gasteiger partial charge on any atom is -0.489 e. The molecule has 2 aliphatic heterocycles. The fraction of sp³-hybridized carbons (Fsp3) is 0.389. The van der Waals surface area contributed by atoms with Gasteiger partial charge in [0.05, 0.1) is 12.6 Å². The Bertz CT molecular complexity index is 822. The zero-order valence-electron chi connectivity index (χ0n) is 14.3. The summed E-state index contributed by atoms with van der Waals surface area (Å²) < 4.78 is 10.8. The summed E-state index contributed by atoms with van der Waals surface area (Å²) in [6, 6.07) is 9.44. The molecule has 26 heavy (non-hydrogen) atoms. The number of urea groups is 1. The Kier molecular flexibility index (Phi) is 4.47. The number of carbonyl (C=O) groups excluding carboxylic acids is 2. The number of hydrogen-bond acceptors (Lipinski definition) is 5. The molecule has 1 aromatic carbocycles. The van der Waals surface area contributed by atoms with Gasteiger partial charge in [-0.2, -0.15) is 0 Å². The predicted octanol–water partition coefficient (Wildman–Crippen LogP) is 1.46. The van der Waals surface area contributed by atoms with Gasteiger partial charge in [0.1, 0.15) is 24.5 Å². The Morgan fingerprint density at radius 3 is 3.12 bits per heavy atom. The molecule has 136 valence electrons. The quantitative estimate of drug-likeness (QED) is 0.839. The van der Waals surface area contributed by atoms with E-state index in [1.54, 1.807) is 16.0 Å². The van der Waals surface area contributed by atoms with Crippen molar-refractivity contribution in [1.29, 1.82) is 0 Å². The molecule has 1 N–H and O–H groups in total. The number of fused-ring (bicyclic) bond motifs is 2. The van der Waals surface area contributed by atoms with Crippen LogP contribution in [0.15, 0.2) is 36.5 Å². The number of para-hydroxylation sites is 1. The average Bonchev–Trinajstić information content (AvgIpc) is 3.05. The first-order valence-electron chi connectivity index (χ1n) is 8.65. The molecule has 2 aromatic rings. The molecule has 1 atom stereocenters. The Labute approximate surface area is 150 Å². The second-order valence-corrected chi connectivity index (χ2v) is 6.28. The summed E-state index contributed by atoms with van der Waals surface area (Å²) >= 11 is 0. The van der Waals surface area contributed by atoms with Crippen molar-refractivity contribution in [3.05, 3.63) is 36.5 Å². The second-order valence-electron chi connectivity index (χ2n) is 6.28. The zero-order chi connectivity index (χ0) is 17.9. The van der Waals surface area contributed by atoms with Crippen LogP contribution in [0.3, 0.4) is 0 Å². The number of hydrogen-bond donors (Lipinski definition) is 1. The molecule has 0 unspecified atom stereocenters. The van der Waals surface area contributed by atoms with Crippen LogP contribution in [-0.4, -0.2) is 72.3 Å². The number of piperazine rings is 1. The Hall–Kier alpha value is -3.03. The zero-order valence-corrected chi connectivity index (χ0v) is 14.3. The summed E-state index contributed by atoms with van der Waals surface area (Å²) in [6.07, 6.45) is 1.45. The average molecular weight is 356 g/mol. The summed E-state index contributed by atoms with van der Waals surface area (Å²) in [5, 5.41) is 3.87. The van der Waals surface area contributed by atoms with E-state index >= 15 is 0 Å². The van der Waals surface area contributed by atoms with E-state index in [2.05, 4.69) is 10.3 Å². The highest BCUT2D eigenvalue weighted by Crippen LogP contribution is 2.22. The SMILES string of the molecule is O=C(NCCOc1cccc2cccnc12)N1CCN2C(=O)OC[C@@H]2C1. The Balaban J connectivity index is 1.26. The van der Waals surface area contributed by atoms with E-state index in [0.717, 1.165) is 10.9 Å². The van der Waals surface area contributed by atoms with Gasteiger partial charge in [0, 0.05) is 31.2 Å². The van der Waals surface area contributed by atoms with Gasteiger partial charge in [-0.05, 0) is 12.1 Å². The fourth-order valence-corrected chi connectivity index (χ4v) is 3.30. The first-order chi connectivity index (χ1) is 12.7. The molecular formula is C18H20N4O4. The summed E-state index contributed by atoms with van der Waals surface area (Å²) in [7, 11) is 0. The van der Waals surface area contributed by atoms with Gasteiger partial charge in [-0.1, -0.05) is 18.2 Å². The number of rotatable bonds is 4. The number of benzene rings is 1. The highest BCUT2D eigenvalue weighted by atomic mass is 16.6. The van der Waals surface area contributed by atoms with Crippen LogP contribution in [0.1, 0.15) is 0 Å². The number of nitrogens with one attached hydrogen (secondary N) is 1. The van der Waals surface area contributed by atoms with Gasteiger partial charge in [-0.25, -0.2) is 9.59 Å². The molecule has 0 radical (unpaired) electrons. The minimum absolute atomic E-state index is 0.0417. The van der Waals surface area contributed by atoms with Crippen LogP contribution in [0.5, 0.6) is 5.75 Å². The van der Waals surface area contributed by atoms with E-state index in [9.17, 15) is 9.59 Å². The third kappa shape index (κ3) is 3.22. The third-order valence-corrected chi connectivity index (χ3v) is 4.64. The lowest BCUT2D eigenvalue weighted by atomic mass is 10.2. The van der Waals surface area contributed by atoms with Crippen molar-refractivity contribution in [3.8, 4) is 5.75 Å². The van der Waals surface area contributed by atoms with Gasteiger partial charge in [0.15, 0.2) is 0 Å². The smallest absolute Gasteiger partial charge is 0.410 e. The largest absolute Gasteiger partial charge is 0.489 e. The maximum absolute atomic E-state index is 12.3. The van der Waals surface area contributed by atoms with Gasteiger partial charge < -0.3 is 19.7 Å². The Morgan fingerprint density at radius 2 is 2.19 bits per heavy atom. The van der Waals surface area contributed by atoms with Crippen LogP contribution in [-0.2, 0) is 4.74 Å². The highest BCUT2D eigenvalue weighted by Gasteiger charge is 2.38. The lowest BCUT2D eigenvalue weighted by molar-refractivity contribution is 0.126. The molecule has 0 bridgehead atoms. The number of amides is 3. The molecule has 2 aliphatic rings. The summed E-state index contributed by atoms with van der Waals surface area (Å²) in [5.74, 6) is 0.701. The number of pyridine rings is 1. The molecule has 3 heterocycles. The van der Waals surface area contributed by atoms with E-state index in [4.69, 9.17) is 9.47 Å². The van der Waals surface area contributed by atoms with Gasteiger partial charge in [0.2, 0.25) is 0 Å². The standard InChI is InChI=1S/C18H20N4O4/c23-17(21-8-9-22-14(11-21)12-26-18(22)24)20-7-10-25-15-5-1-3-13-4-2-6-19-16(13)15/h1-6,14H,7-12H2,(H,20,23)/t14-/m0/s1. The van der Waals surface area contributed by atoms with E-state index in [-0.39, 0.29) is 18.2 Å². The predicted molar refractivity (Wildman–Crippen MR) is 94.1 cm³/mol. The molecule has 0 saturated carbocycles. The highest BCUT2D eigenvalue weighted by molar-refractivity contribution is 5.84. The van der Waals surface area contributed by atoms with E-state index in [0.29, 0.717) is 45.1 Å². The van der Waals surface area contributed by atoms with Crippen molar-refractivity contribution < 1.29 is 19.1 Å². The van der Waals surface area contributed by atoms with Crippen molar-refractivity contribution in [1.82, 2.24) is 20.1 Å². The van der Waals surface area contributed by atoms with Gasteiger partial charge >= 0.3 is 12.1 Å². The monoisotopic (exact) mass is 356 g/mol. The summed E-state index contributed by atoms with van der Waals surface area (Å²) in [4.78, 5) is 31.5. The maximum Gasteiger partial charge on any atom is 0.410 e. The van der Waals surface area contributed by atoms with Crippen LogP contribution in [0.4, 0.5) is 9.59 Å². The molecule has 0 aliphatic carbocycles. The summed E-state index contributed by atoms with van der Waals surface area (Å²) in [6.45, 7) is 2.60. The molecule has 4 rings (SSSR count). The third-order valence-electron chi connectivity index (χ3n) is 4.64. The number of carbonyl (C=O) groups is 2. The second kappa shape index (κ2) is 7.07. The van der Waals surface area contributed by atoms with Gasteiger partial charge in [-0.3, -0.25) is 9.88 Å². The fourth-order valence-electron chi connectivity index (χ4n) is 3.30. The first kappa shape index (κ1) is 16.4. The lowest BCUT2D eigenvalue weighted by Crippen LogP contribution is -2.56. The normalized spacial score (nSPS) is 19.2. The summed E-state index contributed by atoms with van der Waals surface area (Å²) in [5.41, 5.74) is 0.809. The number of nitrogens with zero attached hydrogens (tertiary/aromatic N) is 3. The van der Waals surface area contributed by atoms with Crippen molar-refractivity contribution >= 4 is 23.0 Å². The van der Waals surface area contributed by atoms with Crippen LogP contribution < -0.4 is 10.1 Å². The number of aromatic nitrogens is 1. The van der Waals surface area contributed by atoms with E-state index < -0.39 is 0 Å². The maximum atomic E-state index is 12.3. The van der Waals surface area contributed by atoms with Crippen LogP contribution in [0.25, 0.3) is 10.9 Å². The molecule has 2 fully saturated rings. The van der Waals surface area contributed by atoms with Gasteiger partial charge in [-0.15, -0.1) is 0 Å². The number of ether oxygens (including phenoxy) is 2. The molecule has 8 heteroatoms. The minimum atomic E-state index is -0.285. The van der Waals surface area contributed by atoms with Gasteiger partial charge in [0.25, 0.3) is 0 Å². The lowest BCUT2D eigenvalue weighted by Gasteiger charge is -2.35. The Morgan fingerprint density at radius 1 is 1.31 bits per heavy atom.